The molecule has 1 heterocycles. The molecule has 146 valence electrons. The van der Waals surface area contributed by atoms with E-state index in [0.717, 1.165) is 27.7 Å². The van der Waals surface area contributed by atoms with E-state index in [1.165, 1.54) is 4.90 Å². The van der Waals surface area contributed by atoms with E-state index in [0.29, 0.717) is 11.8 Å². The summed E-state index contributed by atoms with van der Waals surface area (Å²) >= 11 is 3.49. The first-order valence-electron chi connectivity index (χ1n) is 9.97. The van der Waals surface area contributed by atoms with Crippen LogP contribution in [0.4, 0.5) is 5.69 Å². The van der Waals surface area contributed by atoms with Crippen LogP contribution in [0.2, 0.25) is 0 Å². The van der Waals surface area contributed by atoms with Gasteiger partial charge in [0, 0.05) is 23.1 Å². The van der Waals surface area contributed by atoms with Crippen LogP contribution in [0.15, 0.2) is 28.8 Å². The summed E-state index contributed by atoms with van der Waals surface area (Å²) < 4.78 is 1.00. The van der Waals surface area contributed by atoms with Crippen LogP contribution < -0.4 is 5.32 Å². The predicted molar refractivity (Wildman–Crippen MR) is 108 cm³/mol. The standard InChI is InChI=1S/C22H23BrN2O3/c1-10-11(2)17(6-5-16(10)23)24-18(26)7-8-25-21(27)19-12-3-4-13(15-9-14(12)15)20(19)22(25)28/h3-6,12-15,19-20H,7-9H2,1-2H3,(H,24,26)/t12-,13-,14-,15-,19+,20+/m0/s1. The maximum absolute atomic E-state index is 12.9. The molecule has 0 spiro atoms. The smallest absolute Gasteiger partial charge is 0.233 e. The number of allylic oxidation sites excluding steroid dienone is 2. The van der Waals surface area contributed by atoms with E-state index in [2.05, 4.69) is 33.4 Å². The van der Waals surface area contributed by atoms with Crippen LogP contribution in [-0.4, -0.2) is 29.2 Å². The number of amides is 3. The van der Waals surface area contributed by atoms with Crippen molar-refractivity contribution in [3.05, 3.63) is 39.9 Å². The zero-order valence-corrected chi connectivity index (χ0v) is 17.5. The molecule has 2 bridgehead atoms. The van der Waals surface area contributed by atoms with Crippen LogP contribution >= 0.6 is 15.9 Å². The van der Waals surface area contributed by atoms with E-state index < -0.39 is 0 Å². The van der Waals surface area contributed by atoms with E-state index in [1.54, 1.807) is 0 Å². The summed E-state index contributed by atoms with van der Waals surface area (Å²) in [4.78, 5) is 39.7. The molecule has 1 aromatic carbocycles. The Kier molecular flexibility index (Phi) is 4.06. The second kappa shape index (κ2) is 6.28. The number of benzene rings is 1. The number of carbonyl (C=O) groups excluding carboxylic acids is 3. The van der Waals surface area contributed by atoms with E-state index >= 15 is 0 Å². The van der Waals surface area contributed by atoms with Gasteiger partial charge in [-0.1, -0.05) is 28.1 Å². The van der Waals surface area contributed by atoms with Crippen molar-refractivity contribution in [2.24, 2.45) is 35.5 Å². The maximum atomic E-state index is 12.9. The number of nitrogens with one attached hydrogen (secondary N) is 1. The summed E-state index contributed by atoms with van der Waals surface area (Å²) in [7, 11) is 0. The van der Waals surface area contributed by atoms with Crippen molar-refractivity contribution in [3.63, 3.8) is 0 Å². The van der Waals surface area contributed by atoms with Crippen LogP contribution in [0, 0.1) is 49.4 Å². The molecule has 2 saturated carbocycles. The van der Waals surface area contributed by atoms with Gasteiger partial charge in [-0.3, -0.25) is 19.3 Å². The predicted octanol–water partition coefficient (Wildman–Crippen LogP) is 3.45. The highest BCUT2D eigenvalue weighted by Crippen LogP contribution is 2.65. The minimum Gasteiger partial charge on any atom is -0.326 e. The van der Waals surface area contributed by atoms with Crippen LogP contribution in [0.1, 0.15) is 24.0 Å². The molecule has 4 aliphatic carbocycles. The summed E-state index contributed by atoms with van der Waals surface area (Å²) in [5.74, 6) is 0.957. The van der Waals surface area contributed by atoms with Crippen molar-refractivity contribution < 1.29 is 14.4 Å². The third-order valence-corrected chi connectivity index (χ3v) is 8.17. The lowest BCUT2D eigenvalue weighted by molar-refractivity contribution is -0.140. The van der Waals surface area contributed by atoms with Gasteiger partial charge in [0.2, 0.25) is 17.7 Å². The minimum atomic E-state index is -0.189. The number of likely N-dealkylation sites (tertiary alicyclic amines) is 1. The first-order chi connectivity index (χ1) is 13.4. The van der Waals surface area contributed by atoms with Gasteiger partial charge in [0.05, 0.1) is 11.8 Å². The second-order valence-corrected chi connectivity index (χ2v) is 9.48. The number of imide groups is 1. The third kappa shape index (κ3) is 2.53. The van der Waals surface area contributed by atoms with E-state index in [-0.39, 0.29) is 54.4 Å². The van der Waals surface area contributed by atoms with Crippen LogP contribution in [-0.2, 0) is 14.4 Å². The van der Waals surface area contributed by atoms with Gasteiger partial charge in [-0.25, -0.2) is 0 Å². The number of carbonyl (C=O) groups is 3. The van der Waals surface area contributed by atoms with Crippen LogP contribution in [0.3, 0.4) is 0 Å². The third-order valence-electron chi connectivity index (χ3n) is 7.31. The number of rotatable bonds is 4. The Morgan fingerprint density at radius 2 is 1.68 bits per heavy atom. The van der Waals surface area contributed by atoms with Crippen LogP contribution in [0.25, 0.3) is 0 Å². The van der Waals surface area contributed by atoms with Crippen molar-refractivity contribution >= 4 is 39.3 Å². The van der Waals surface area contributed by atoms with Gasteiger partial charge in [-0.15, -0.1) is 0 Å². The zero-order chi connectivity index (χ0) is 19.7. The average Bonchev–Trinajstić information content (AvgIpc) is 3.46. The van der Waals surface area contributed by atoms with Crippen molar-refractivity contribution in [1.29, 1.82) is 0 Å². The summed E-state index contributed by atoms with van der Waals surface area (Å²) in [6, 6.07) is 3.77. The molecule has 6 rings (SSSR count). The van der Waals surface area contributed by atoms with Gasteiger partial charge in [0.15, 0.2) is 0 Å². The van der Waals surface area contributed by atoms with Crippen molar-refractivity contribution in [3.8, 4) is 0 Å². The van der Waals surface area contributed by atoms with Crippen molar-refractivity contribution in [2.75, 3.05) is 11.9 Å². The lowest BCUT2D eigenvalue weighted by Crippen LogP contribution is -2.40. The highest BCUT2D eigenvalue weighted by molar-refractivity contribution is 9.10. The number of halogens is 1. The first-order valence-corrected chi connectivity index (χ1v) is 10.8. The molecule has 6 atom stereocenters. The molecule has 5 aliphatic rings. The molecule has 0 aromatic heterocycles. The van der Waals surface area contributed by atoms with Crippen molar-refractivity contribution in [1.82, 2.24) is 4.90 Å². The monoisotopic (exact) mass is 442 g/mol. The Bertz CT molecular complexity index is 904. The topological polar surface area (TPSA) is 66.5 Å². The molecular formula is C22H23BrN2O3. The largest absolute Gasteiger partial charge is 0.326 e. The van der Waals surface area contributed by atoms with E-state index in [9.17, 15) is 14.4 Å². The Morgan fingerprint density at radius 3 is 2.29 bits per heavy atom. The fraction of sp³-hybridized carbons (Fsp3) is 0.500. The highest BCUT2D eigenvalue weighted by Gasteiger charge is 2.66. The van der Waals surface area contributed by atoms with Crippen molar-refractivity contribution in [2.45, 2.75) is 26.7 Å². The van der Waals surface area contributed by atoms with Gasteiger partial charge in [-0.05, 0) is 67.2 Å². The average molecular weight is 443 g/mol. The fourth-order valence-electron chi connectivity index (χ4n) is 5.59. The Morgan fingerprint density at radius 1 is 1.07 bits per heavy atom. The quantitative estimate of drug-likeness (QED) is 0.573. The van der Waals surface area contributed by atoms with Gasteiger partial charge in [0.1, 0.15) is 0 Å². The highest BCUT2D eigenvalue weighted by atomic mass is 79.9. The molecule has 6 heteroatoms. The summed E-state index contributed by atoms with van der Waals surface area (Å²) in [5, 5.41) is 2.92. The molecule has 5 nitrogen and oxygen atoms in total. The number of hydrogen-bond donors (Lipinski definition) is 1. The Labute approximate surface area is 172 Å². The molecule has 1 saturated heterocycles. The second-order valence-electron chi connectivity index (χ2n) is 8.63. The number of hydrogen-bond acceptors (Lipinski definition) is 3. The van der Waals surface area contributed by atoms with Gasteiger partial charge in [0.25, 0.3) is 0 Å². The van der Waals surface area contributed by atoms with E-state index in [1.807, 2.05) is 26.0 Å². The molecular weight excluding hydrogens is 420 g/mol. The molecule has 1 aromatic rings. The SMILES string of the molecule is Cc1c(Br)ccc(NC(=O)CCN2C(=O)[C@@H]3[C@H]4C=C[C@@H]([C@@H]5C[C@@H]45)[C@H]3C2=O)c1C. The lowest BCUT2D eigenvalue weighted by atomic mass is 9.63. The van der Waals surface area contributed by atoms with Gasteiger partial charge < -0.3 is 5.32 Å². The number of nitrogens with zero attached hydrogens (tertiary/aromatic N) is 1. The molecule has 1 aliphatic heterocycles. The molecule has 0 radical (unpaired) electrons. The molecule has 28 heavy (non-hydrogen) atoms. The van der Waals surface area contributed by atoms with Gasteiger partial charge >= 0.3 is 0 Å². The summed E-state index contributed by atoms with van der Waals surface area (Å²) in [6.07, 6.45) is 5.62. The van der Waals surface area contributed by atoms with E-state index in [4.69, 9.17) is 0 Å². The summed E-state index contributed by atoms with van der Waals surface area (Å²) in [6.45, 7) is 4.12. The fourth-order valence-corrected chi connectivity index (χ4v) is 6.02. The van der Waals surface area contributed by atoms with Crippen LogP contribution in [0.5, 0.6) is 0 Å². The Hall–Kier alpha value is -1.95. The molecule has 3 amide bonds. The maximum Gasteiger partial charge on any atom is 0.233 e. The van der Waals surface area contributed by atoms with Gasteiger partial charge in [-0.2, -0.15) is 0 Å². The molecule has 1 N–H and O–H groups in total. The normalized spacial score (nSPS) is 34.5. The lowest BCUT2D eigenvalue weighted by Gasteiger charge is -2.37. The first kappa shape index (κ1) is 18.1. The number of anilines is 1. The zero-order valence-electron chi connectivity index (χ0n) is 15.9. The summed E-state index contributed by atoms with van der Waals surface area (Å²) in [5.41, 5.74) is 2.85. The Balaban J connectivity index is 1.25. The molecule has 0 unspecified atom stereocenters. The minimum absolute atomic E-state index is 0.0665. The molecule has 3 fully saturated rings.